The van der Waals surface area contributed by atoms with E-state index in [4.69, 9.17) is 4.74 Å². The fourth-order valence-electron chi connectivity index (χ4n) is 5.14. The van der Waals surface area contributed by atoms with E-state index in [2.05, 4.69) is 15.0 Å². The van der Waals surface area contributed by atoms with E-state index in [1.807, 2.05) is 0 Å². The summed E-state index contributed by atoms with van der Waals surface area (Å²) in [6.45, 7) is 2.02. The van der Waals surface area contributed by atoms with E-state index in [1.165, 1.54) is 27.7 Å². The topological polar surface area (TPSA) is 278 Å². The molecule has 4 aromatic heterocycles. The Bertz CT molecular complexity index is 2260. The molecule has 0 spiro atoms. The molecule has 0 fully saturated rings. The lowest BCUT2D eigenvalue weighted by Crippen LogP contribution is -2.48. The number of aliphatic hydroxyl groups is 3. The van der Waals surface area contributed by atoms with Gasteiger partial charge in [0.2, 0.25) is 5.75 Å². The van der Waals surface area contributed by atoms with Crippen LogP contribution in [0.5, 0.6) is 5.75 Å². The van der Waals surface area contributed by atoms with Crippen LogP contribution in [0.3, 0.4) is 0 Å². The van der Waals surface area contributed by atoms with Crippen molar-refractivity contribution in [1.82, 2.24) is 37.8 Å². The Labute approximate surface area is 273 Å². The van der Waals surface area contributed by atoms with Gasteiger partial charge < -0.3 is 35.0 Å². The summed E-state index contributed by atoms with van der Waals surface area (Å²) in [6, 6.07) is 3.38. The first-order valence-corrected chi connectivity index (χ1v) is 14.9. The monoisotopic (exact) mass is 688 g/mol. The van der Waals surface area contributed by atoms with Crippen LogP contribution in [0.15, 0.2) is 56.6 Å². The van der Waals surface area contributed by atoms with Crippen molar-refractivity contribution in [3.63, 3.8) is 0 Å². The summed E-state index contributed by atoms with van der Waals surface area (Å²) in [5.74, 6) is -0.529. The quantitative estimate of drug-likeness (QED) is 0.0774. The maximum Gasteiger partial charge on any atom is 0.331 e. The molecule has 0 aliphatic rings. The predicted octanol–water partition coefficient (Wildman–Crippen LogP) is -4.64. The summed E-state index contributed by atoms with van der Waals surface area (Å²) in [6.07, 6.45) is -4.74. The number of aryl methyl sites for hydroxylation is 3. The highest BCUT2D eigenvalue weighted by Gasteiger charge is 2.24. The first-order valence-electron chi connectivity index (χ1n) is 14.9. The first-order chi connectivity index (χ1) is 23.0. The minimum atomic E-state index is -1.66. The third-order valence-electron chi connectivity index (χ3n) is 7.49. The van der Waals surface area contributed by atoms with Crippen molar-refractivity contribution in [3.8, 4) is 5.75 Å². The zero-order valence-corrected chi connectivity index (χ0v) is 27.0. The fraction of sp³-hybridized carbons (Fsp3) is 0.448. The van der Waals surface area contributed by atoms with Crippen molar-refractivity contribution < 1.29 is 20.1 Å². The Kier molecular flexibility index (Phi) is 10.8. The number of aromatic nitrogens is 8. The van der Waals surface area contributed by atoms with Crippen LogP contribution in [0.2, 0.25) is 0 Å². The van der Waals surface area contributed by atoms with Gasteiger partial charge in [0, 0.05) is 35.3 Å². The summed E-state index contributed by atoms with van der Waals surface area (Å²) in [4.78, 5) is 108. The van der Waals surface area contributed by atoms with Gasteiger partial charge in [-0.1, -0.05) is 0 Å². The average Bonchev–Trinajstić information content (AvgIpc) is 2.99. The molecule has 20 heteroatoms. The van der Waals surface area contributed by atoms with Crippen LogP contribution in [0.4, 0.5) is 0 Å². The Hall–Kier alpha value is -5.60. The molecule has 3 atom stereocenters. The number of aliphatic hydroxyl groups excluding tert-OH is 3. The molecular weight excluding hydrogens is 652 g/mol. The lowest BCUT2D eigenvalue weighted by atomic mass is 10.2. The van der Waals surface area contributed by atoms with Gasteiger partial charge >= 0.3 is 22.8 Å². The van der Waals surface area contributed by atoms with E-state index in [9.17, 15) is 53.7 Å². The second kappa shape index (κ2) is 14.7. The highest BCUT2D eigenvalue weighted by molar-refractivity contribution is 5.24. The average molecular weight is 689 g/mol. The van der Waals surface area contributed by atoms with Crippen molar-refractivity contribution in [2.75, 3.05) is 6.61 Å². The molecular formula is C29H36N8O12. The van der Waals surface area contributed by atoms with Crippen LogP contribution in [0.25, 0.3) is 0 Å². The molecule has 0 saturated heterocycles. The third kappa shape index (κ3) is 8.28. The van der Waals surface area contributed by atoms with E-state index >= 15 is 0 Å². The van der Waals surface area contributed by atoms with Crippen molar-refractivity contribution in [2.24, 2.45) is 0 Å². The summed E-state index contributed by atoms with van der Waals surface area (Å²) >= 11 is 0. The molecule has 6 N–H and O–H groups in total. The van der Waals surface area contributed by atoms with Gasteiger partial charge in [0.1, 0.15) is 12.7 Å². The summed E-state index contributed by atoms with van der Waals surface area (Å²) in [7, 11) is 0. The lowest BCUT2D eigenvalue weighted by Gasteiger charge is -2.22. The largest absolute Gasteiger partial charge is 0.484 e. The molecule has 264 valence electrons. The Balaban J connectivity index is 1.70. The molecule has 3 unspecified atom stereocenters. The Morgan fingerprint density at radius 3 is 1.29 bits per heavy atom. The number of rotatable bonds is 13. The molecule has 0 aliphatic heterocycles. The predicted molar refractivity (Wildman–Crippen MR) is 171 cm³/mol. The number of nitrogens with one attached hydrogen (secondary N) is 3. The molecule has 0 amide bonds. The molecule has 0 aromatic carbocycles. The van der Waals surface area contributed by atoms with Crippen LogP contribution < -0.4 is 49.7 Å². The maximum atomic E-state index is 13.6. The second-order valence-corrected chi connectivity index (χ2v) is 11.6. The molecule has 20 nitrogen and oxygen atoms in total. The smallest absolute Gasteiger partial charge is 0.331 e. The number of aromatic amines is 3. The van der Waals surface area contributed by atoms with Gasteiger partial charge in [-0.05, 0) is 27.7 Å². The molecule has 0 saturated carbocycles. The summed E-state index contributed by atoms with van der Waals surface area (Å²) in [5, 5.41) is 32.2. The zero-order valence-electron chi connectivity index (χ0n) is 27.0. The van der Waals surface area contributed by atoms with Crippen LogP contribution >= 0.6 is 0 Å². The van der Waals surface area contributed by atoms with Gasteiger partial charge in [0.25, 0.3) is 22.2 Å². The molecule has 4 heterocycles. The van der Waals surface area contributed by atoms with E-state index in [0.717, 1.165) is 22.8 Å². The van der Waals surface area contributed by atoms with Gasteiger partial charge in [-0.2, -0.15) is 0 Å². The molecule has 0 radical (unpaired) electrons. The normalized spacial score (nSPS) is 13.3. The van der Waals surface area contributed by atoms with Crippen LogP contribution in [-0.4, -0.2) is 78.0 Å². The van der Waals surface area contributed by atoms with Crippen molar-refractivity contribution in [1.29, 1.82) is 0 Å². The molecule has 0 bridgehead atoms. The SMILES string of the molecule is Cc1cc(=O)n(CC(O)COc2c(C)n(CC(O)Cn3c(=O)cc(C)[nH]c3=O)c(=O)n(CC(O)Cn3c(=O)cc(C)[nH]c3=O)c2=O)c(=O)[nH]1. The van der Waals surface area contributed by atoms with Crippen LogP contribution in [0, 0.1) is 27.7 Å². The highest BCUT2D eigenvalue weighted by Crippen LogP contribution is 2.12. The molecule has 49 heavy (non-hydrogen) atoms. The van der Waals surface area contributed by atoms with Gasteiger partial charge in [-0.25, -0.2) is 19.2 Å². The van der Waals surface area contributed by atoms with Crippen molar-refractivity contribution >= 4 is 0 Å². The maximum absolute atomic E-state index is 13.6. The van der Waals surface area contributed by atoms with Gasteiger partial charge in [-0.15, -0.1) is 0 Å². The van der Waals surface area contributed by atoms with E-state index in [0.29, 0.717) is 24.0 Å². The van der Waals surface area contributed by atoms with Gasteiger partial charge in [-0.3, -0.25) is 42.0 Å². The van der Waals surface area contributed by atoms with Crippen molar-refractivity contribution in [2.45, 2.75) is 78.7 Å². The summed E-state index contributed by atoms with van der Waals surface area (Å²) < 4.78 is 9.08. The second-order valence-electron chi connectivity index (χ2n) is 11.6. The van der Waals surface area contributed by atoms with E-state index < -0.39 is 108 Å². The van der Waals surface area contributed by atoms with E-state index in [1.54, 1.807) is 0 Å². The van der Waals surface area contributed by atoms with E-state index in [-0.39, 0.29) is 17.1 Å². The Morgan fingerprint density at radius 1 is 0.551 bits per heavy atom. The highest BCUT2D eigenvalue weighted by atomic mass is 16.5. The fourth-order valence-corrected chi connectivity index (χ4v) is 5.14. The number of hydrogen-bond donors (Lipinski definition) is 6. The Morgan fingerprint density at radius 2 is 0.898 bits per heavy atom. The number of ether oxygens (including phenoxy) is 1. The number of hydrogen-bond acceptors (Lipinski definition) is 12. The lowest BCUT2D eigenvalue weighted by molar-refractivity contribution is 0.0862. The minimum absolute atomic E-state index is 0.159. The molecule has 4 rings (SSSR count). The molecule has 0 aliphatic carbocycles. The number of nitrogens with zero attached hydrogens (tertiary/aromatic N) is 5. The van der Waals surface area contributed by atoms with Crippen molar-refractivity contribution in [3.05, 3.63) is 124 Å². The van der Waals surface area contributed by atoms with Gasteiger partial charge in [0.15, 0.2) is 0 Å². The standard InChI is InChI=1S/C29H36N8O12/c1-14-5-21(41)34(26(45)30-14)9-18(38)8-33-17(4)24(49-13-20(40)12-36-23(43)7-16(3)32-28(36)47)25(44)37(29(33)48)11-19(39)10-35-22(42)6-15(2)31-27(35)46/h5-7,18-20,38-40H,8-13H2,1-4H3,(H,30,45)(H,31,46)(H,32,47). The van der Waals surface area contributed by atoms with Gasteiger partial charge in [0.05, 0.1) is 50.6 Å². The first kappa shape index (κ1) is 36.2. The third-order valence-corrected chi connectivity index (χ3v) is 7.49. The number of H-pyrrole nitrogens is 3. The zero-order chi connectivity index (χ0) is 36.3. The summed E-state index contributed by atoms with van der Waals surface area (Å²) in [5.41, 5.74) is -6.08. The van der Waals surface area contributed by atoms with Crippen LogP contribution in [0.1, 0.15) is 22.8 Å². The van der Waals surface area contributed by atoms with Crippen LogP contribution in [-0.2, 0) is 32.7 Å². The molecule has 4 aromatic rings. The minimum Gasteiger partial charge on any atom is -0.484 e.